The van der Waals surface area contributed by atoms with Crippen LogP contribution in [0, 0.1) is 10.8 Å². The smallest absolute Gasteiger partial charge is 0.313 e. The lowest BCUT2D eigenvalue weighted by Crippen LogP contribution is -2.36. The van der Waals surface area contributed by atoms with Gasteiger partial charge in [0, 0.05) is 17.8 Å². The number of aromatic nitrogens is 2. The molecule has 0 aliphatic carbocycles. The van der Waals surface area contributed by atoms with Gasteiger partial charge in [0.25, 0.3) is 0 Å². The SMILES string of the molecule is CC(C)(C)C(=O)OC(n1ccnc1)C(C)(C)Cc1ccccc1. The zero-order chi connectivity index (χ0) is 17.1. The minimum Gasteiger partial charge on any atom is -0.440 e. The molecule has 0 fully saturated rings. The molecule has 0 amide bonds. The number of benzene rings is 1. The molecule has 0 aliphatic rings. The lowest BCUT2D eigenvalue weighted by molar-refractivity contribution is -0.173. The molecule has 2 aromatic rings. The Balaban J connectivity index is 2.27. The zero-order valence-corrected chi connectivity index (χ0v) is 14.6. The van der Waals surface area contributed by atoms with E-state index in [-0.39, 0.29) is 11.4 Å². The molecule has 1 aromatic carbocycles. The van der Waals surface area contributed by atoms with Gasteiger partial charge < -0.3 is 9.30 Å². The molecule has 0 saturated carbocycles. The first-order chi connectivity index (χ1) is 10.7. The van der Waals surface area contributed by atoms with Gasteiger partial charge in [-0.2, -0.15) is 0 Å². The van der Waals surface area contributed by atoms with Crippen LogP contribution in [0.15, 0.2) is 49.1 Å². The average molecular weight is 314 g/mol. The molecule has 1 aromatic heterocycles. The first-order valence-electron chi connectivity index (χ1n) is 7.92. The van der Waals surface area contributed by atoms with Crippen LogP contribution in [0.3, 0.4) is 0 Å². The quantitative estimate of drug-likeness (QED) is 0.775. The topological polar surface area (TPSA) is 44.1 Å². The van der Waals surface area contributed by atoms with Gasteiger partial charge in [-0.05, 0) is 32.8 Å². The van der Waals surface area contributed by atoms with Crippen LogP contribution in [-0.4, -0.2) is 15.5 Å². The van der Waals surface area contributed by atoms with Gasteiger partial charge in [-0.15, -0.1) is 0 Å². The lowest BCUT2D eigenvalue weighted by atomic mass is 9.83. The molecular formula is C19H26N2O2. The Bertz CT molecular complexity index is 625. The summed E-state index contributed by atoms with van der Waals surface area (Å²) in [6, 6.07) is 10.2. The highest BCUT2D eigenvalue weighted by Crippen LogP contribution is 2.37. The van der Waals surface area contributed by atoms with Crippen LogP contribution in [-0.2, 0) is 16.0 Å². The van der Waals surface area contributed by atoms with Crippen LogP contribution in [0.25, 0.3) is 0 Å². The van der Waals surface area contributed by atoms with Gasteiger partial charge >= 0.3 is 5.97 Å². The number of hydrogen-bond acceptors (Lipinski definition) is 3. The van der Waals surface area contributed by atoms with E-state index in [1.54, 1.807) is 12.5 Å². The van der Waals surface area contributed by atoms with Gasteiger partial charge in [-0.3, -0.25) is 4.79 Å². The highest BCUT2D eigenvalue weighted by atomic mass is 16.6. The molecule has 0 N–H and O–H groups in total. The molecular weight excluding hydrogens is 288 g/mol. The Morgan fingerprint density at radius 1 is 1.17 bits per heavy atom. The number of carbonyl (C=O) groups excluding carboxylic acids is 1. The second kappa shape index (κ2) is 6.57. The van der Waals surface area contributed by atoms with Crippen molar-refractivity contribution in [2.24, 2.45) is 10.8 Å². The minimum absolute atomic E-state index is 0.211. The van der Waals surface area contributed by atoms with Crippen LogP contribution >= 0.6 is 0 Å². The van der Waals surface area contributed by atoms with Crippen molar-refractivity contribution in [1.29, 1.82) is 0 Å². The highest BCUT2D eigenvalue weighted by Gasteiger charge is 2.37. The summed E-state index contributed by atoms with van der Waals surface area (Å²) in [6.07, 6.45) is 5.64. The molecule has 23 heavy (non-hydrogen) atoms. The van der Waals surface area contributed by atoms with Crippen LogP contribution in [0.4, 0.5) is 0 Å². The van der Waals surface area contributed by atoms with Crippen LogP contribution < -0.4 is 0 Å². The van der Waals surface area contributed by atoms with Crippen molar-refractivity contribution in [3.05, 3.63) is 54.6 Å². The highest BCUT2D eigenvalue weighted by molar-refractivity contribution is 5.75. The van der Waals surface area contributed by atoms with Gasteiger partial charge in [0.2, 0.25) is 0 Å². The summed E-state index contributed by atoms with van der Waals surface area (Å²) >= 11 is 0. The third-order valence-electron chi connectivity index (χ3n) is 3.80. The van der Waals surface area contributed by atoms with Crippen molar-refractivity contribution in [3.8, 4) is 0 Å². The third kappa shape index (κ3) is 4.44. The van der Waals surface area contributed by atoms with E-state index >= 15 is 0 Å². The fourth-order valence-corrected chi connectivity index (χ4v) is 2.52. The van der Waals surface area contributed by atoms with Crippen molar-refractivity contribution in [2.75, 3.05) is 0 Å². The molecule has 1 heterocycles. The maximum atomic E-state index is 12.4. The largest absolute Gasteiger partial charge is 0.440 e. The maximum absolute atomic E-state index is 12.4. The molecule has 0 aliphatic heterocycles. The van der Waals surface area contributed by atoms with Crippen molar-refractivity contribution >= 4 is 5.97 Å². The average Bonchev–Trinajstić information content (AvgIpc) is 2.97. The summed E-state index contributed by atoms with van der Waals surface area (Å²) in [4.78, 5) is 16.5. The van der Waals surface area contributed by atoms with Gasteiger partial charge in [-0.25, -0.2) is 4.98 Å². The zero-order valence-electron chi connectivity index (χ0n) is 14.6. The summed E-state index contributed by atoms with van der Waals surface area (Å²) in [7, 11) is 0. The second-order valence-electron chi connectivity index (χ2n) is 7.67. The van der Waals surface area contributed by atoms with Crippen molar-refractivity contribution in [2.45, 2.75) is 47.3 Å². The van der Waals surface area contributed by atoms with E-state index in [4.69, 9.17) is 4.74 Å². The maximum Gasteiger partial charge on any atom is 0.313 e. The van der Waals surface area contributed by atoms with E-state index in [1.165, 1.54) is 5.56 Å². The van der Waals surface area contributed by atoms with Gasteiger partial charge in [0.05, 0.1) is 11.7 Å². The van der Waals surface area contributed by atoms with Crippen molar-refractivity contribution in [1.82, 2.24) is 9.55 Å². The number of nitrogens with zero attached hydrogens (tertiary/aromatic N) is 2. The standard InChI is InChI=1S/C19H26N2O2/c1-18(2,3)17(22)23-16(21-12-11-20-14-21)19(4,5)13-15-9-7-6-8-10-15/h6-12,14,16H,13H2,1-5H3. The lowest BCUT2D eigenvalue weighted by Gasteiger charge is -2.36. The van der Waals surface area contributed by atoms with Crippen molar-refractivity contribution in [3.63, 3.8) is 0 Å². The number of imidazole rings is 1. The molecule has 4 heteroatoms. The van der Waals surface area contributed by atoms with E-state index in [0.29, 0.717) is 0 Å². The Morgan fingerprint density at radius 2 is 1.83 bits per heavy atom. The third-order valence-corrected chi connectivity index (χ3v) is 3.80. The number of esters is 1. The van der Waals surface area contributed by atoms with Gasteiger partial charge in [0.1, 0.15) is 0 Å². The molecule has 2 rings (SSSR count). The Hall–Kier alpha value is -2.10. The monoisotopic (exact) mass is 314 g/mol. The van der Waals surface area contributed by atoms with E-state index in [2.05, 4.69) is 31.0 Å². The first kappa shape index (κ1) is 17.3. The molecule has 4 nitrogen and oxygen atoms in total. The Morgan fingerprint density at radius 3 is 2.35 bits per heavy atom. The summed E-state index contributed by atoms with van der Waals surface area (Å²) < 4.78 is 7.75. The van der Waals surface area contributed by atoms with E-state index in [9.17, 15) is 4.79 Å². The predicted molar refractivity (Wildman–Crippen MR) is 90.7 cm³/mol. The van der Waals surface area contributed by atoms with Crippen LogP contribution in [0.5, 0.6) is 0 Å². The number of rotatable bonds is 5. The molecule has 0 spiro atoms. The summed E-state index contributed by atoms with van der Waals surface area (Å²) in [5, 5.41) is 0. The fourth-order valence-electron chi connectivity index (χ4n) is 2.52. The number of carbonyl (C=O) groups is 1. The van der Waals surface area contributed by atoms with Crippen molar-refractivity contribution < 1.29 is 9.53 Å². The number of ether oxygens (including phenoxy) is 1. The fraction of sp³-hybridized carbons (Fsp3) is 0.474. The van der Waals surface area contributed by atoms with Crippen LogP contribution in [0.2, 0.25) is 0 Å². The van der Waals surface area contributed by atoms with Gasteiger partial charge in [0.15, 0.2) is 6.23 Å². The molecule has 1 atom stereocenters. The molecule has 124 valence electrons. The normalized spacial score (nSPS) is 13.6. The Kier molecular flexibility index (Phi) is 4.93. The minimum atomic E-state index is -0.540. The summed E-state index contributed by atoms with van der Waals surface area (Å²) in [5.41, 5.74) is 0.402. The number of hydrogen-bond donors (Lipinski definition) is 0. The summed E-state index contributed by atoms with van der Waals surface area (Å²) in [6.45, 7) is 9.82. The van der Waals surface area contributed by atoms with Crippen LogP contribution in [0.1, 0.15) is 46.4 Å². The molecule has 0 bridgehead atoms. The molecule has 1 unspecified atom stereocenters. The summed E-state index contributed by atoms with van der Waals surface area (Å²) in [5.74, 6) is -0.211. The predicted octanol–water partition coefficient (Wildman–Crippen LogP) is 4.24. The first-order valence-corrected chi connectivity index (χ1v) is 7.92. The van der Waals surface area contributed by atoms with E-state index in [0.717, 1.165) is 6.42 Å². The van der Waals surface area contributed by atoms with Gasteiger partial charge in [-0.1, -0.05) is 44.2 Å². The van der Waals surface area contributed by atoms with E-state index in [1.807, 2.05) is 49.7 Å². The van der Waals surface area contributed by atoms with E-state index < -0.39 is 11.6 Å². The molecule has 0 saturated heterocycles. The Labute approximate surface area is 138 Å². The second-order valence-corrected chi connectivity index (χ2v) is 7.67. The molecule has 0 radical (unpaired) electrons.